The lowest BCUT2D eigenvalue weighted by Gasteiger charge is -2.26. The Kier molecular flexibility index (Phi) is 3.58. The van der Waals surface area contributed by atoms with Crippen molar-refractivity contribution >= 4 is 28.3 Å². The molecule has 5 heteroatoms. The zero-order chi connectivity index (χ0) is 14.8. The van der Waals surface area contributed by atoms with Gasteiger partial charge in [-0.3, -0.25) is 4.79 Å². The van der Waals surface area contributed by atoms with E-state index in [-0.39, 0.29) is 11.5 Å². The Morgan fingerprint density at radius 1 is 1.19 bits per heavy atom. The van der Waals surface area contributed by atoms with Gasteiger partial charge in [-0.2, -0.15) is 0 Å². The molecule has 2 aromatic rings. The van der Waals surface area contributed by atoms with Gasteiger partial charge in [0.15, 0.2) is 0 Å². The van der Waals surface area contributed by atoms with Crippen LogP contribution in [0.3, 0.4) is 0 Å². The van der Waals surface area contributed by atoms with Gasteiger partial charge in [0.2, 0.25) is 5.91 Å². The number of nitrogens with one attached hydrogen (secondary N) is 2. The molecular formula is C16H16N2O3. The summed E-state index contributed by atoms with van der Waals surface area (Å²) in [6.45, 7) is 1.69. The third kappa shape index (κ3) is 2.87. The number of fused-ring (bicyclic) bond motifs is 1. The van der Waals surface area contributed by atoms with Crippen LogP contribution >= 0.6 is 0 Å². The molecule has 5 nitrogen and oxygen atoms in total. The molecule has 2 aromatic carbocycles. The van der Waals surface area contributed by atoms with Crippen molar-refractivity contribution in [1.29, 1.82) is 0 Å². The molecule has 1 aliphatic rings. The lowest BCUT2D eigenvalue weighted by molar-refractivity contribution is -0.117. The molecule has 0 bridgehead atoms. The Morgan fingerprint density at radius 2 is 1.86 bits per heavy atom. The average molecular weight is 284 g/mol. The summed E-state index contributed by atoms with van der Waals surface area (Å²) in [5.41, 5.74) is 0.479. The van der Waals surface area contributed by atoms with Gasteiger partial charge in [-0.15, -0.1) is 0 Å². The molecule has 1 fully saturated rings. The highest BCUT2D eigenvalue weighted by molar-refractivity contribution is 6.05. The predicted molar refractivity (Wildman–Crippen MR) is 80.5 cm³/mol. The van der Waals surface area contributed by atoms with Crippen molar-refractivity contribution in [2.75, 3.05) is 18.4 Å². The molecule has 0 aromatic heterocycles. The molecule has 1 aliphatic heterocycles. The molecule has 3 rings (SSSR count). The maximum absolute atomic E-state index is 12.0. The standard InChI is InChI=1S/C16H16N2O3/c19-15(5-10-8-17-9-10)18-14-7-12-4-2-1-3-11(12)6-13(14)16(20)21/h1-4,6-7,10,17H,5,8-9H2,(H,18,19)(H,20,21). The Bertz CT molecular complexity index is 708. The normalized spacial score (nSPS) is 14.7. The second kappa shape index (κ2) is 5.54. The summed E-state index contributed by atoms with van der Waals surface area (Å²) >= 11 is 0. The summed E-state index contributed by atoms with van der Waals surface area (Å²) in [5.74, 6) is -0.834. The van der Waals surface area contributed by atoms with E-state index >= 15 is 0 Å². The fourth-order valence-electron chi connectivity index (χ4n) is 2.48. The van der Waals surface area contributed by atoms with Gasteiger partial charge in [0.05, 0.1) is 11.3 Å². The molecule has 0 radical (unpaired) electrons. The molecule has 3 N–H and O–H groups in total. The van der Waals surface area contributed by atoms with Crippen LogP contribution in [0.5, 0.6) is 0 Å². The van der Waals surface area contributed by atoms with E-state index in [1.54, 1.807) is 12.1 Å². The van der Waals surface area contributed by atoms with E-state index in [0.717, 1.165) is 23.9 Å². The molecule has 0 unspecified atom stereocenters. The van der Waals surface area contributed by atoms with Crippen LogP contribution in [0.2, 0.25) is 0 Å². The first kappa shape index (κ1) is 13.6. The molecule has 0 aliphatic carbocycles. The van der Waals surface area contributed by atoms with Crippen LogP contribution in [0, 0.1) is 5.92 Å². The number of aromatic carboxylic acids is 1. The first-order chi connectivity index (χ1) is 10.1. The van der Waals surface area contributed by atoms with Gasteiger partial charge in [-0.25, -0.2) is 4.79 Å². The van der Waals surface area contributed by atoms with Crippen molar-refractivity contribution in [3.63, 3.8) is 0 Å². The average Bonchev–Trinajstić information content (AvgIpc) is 2.42. The molecule has 1 heterocycles. The number of carboxylic acid groups (broad SMARTS) is 1. The summed E-state index contributed by atoms with van der Waals surface area (Å²) in [6, 6.07) is 10.8. The van der Waals surface area contributed by atoms with E-state index in [2.05, 4.69) is 10.6 Å². The Balaban J connectivity index is 1.89. The van der Waals surface area contributed by atoms with E-state index < -0.39 is 5.97 Å². The Hall–Kier alpha value is -2.40. The second-order valence-electron chi connectivity index (χ2n) is 5.33. The largest absolute Gasteiger partial charge is 0.478 e. The molecule has 1 amide bonds. The Labute approximate surface area is 122 Å². The molecule has 0 saturated carbocycles. The summed E-state index contributed by atoms with van der Waals surface area (Å²) in [5, 5.41) is 16.9. The van der Waals surface area contributed by atoms with Crippen LogP contribution in [0.25, 0.3) is 10.8 Å². The highest BCUT2D eigenvalue weighted by Gasteiger charge is 2.21. The highest BCUT2D eigenvalue weighted by Crippen LogP contribution is 2.25. The van der Waals surface area contributed by atoms with Gasteiger partial charge in [0.25, 0.3) is 0 Å². The van der Waals surface area contributed by atoms with Crippen molar-refractivity contribution in [3.8, 4) is 0 Å². The molecule has 108 valence electrons. The van der Waals surface area contributed by atoms with Crippen LogP contribution in [0.4, 0.5) is 5.69 Å². The van der Waals surface area contributed by atoms with E-state index in [4.69, 9.17) is 0 Å². The van der Waals surface area contributed by atoms with Crippen molar-refractivity contribution in [3.05, 3.63) is 42.0 Å². The van der Waals surface area contributed by atoms with Crippen molar-refractivity contribution < 1.29 is 14.7 Å². The zero-order valence-electron chi connectivity index (χ0n) is 11.4. The highest BCUT2D eigenvalue weighted by atomic mass is 16.4. The SMILES string of the molecule is O=C(CC1CNC1)Nc1cc2ccccc2cc1C(=O)O. The van der Waals surface area contributed by atoms with Gasteiger partial charge >= 0.3 is 5.97 Å². The van der Waals surface area contributed by atoms with Crippen LogP contribution < -0.4 is 10.6 Å². The zero-order valence-corrected chi connectivity index (χ0v) is 11.4. The Morgan fingerprint density at radius 3 is 2.43 bits per heavy atom. The smallest absolute Gasteiger partial charge is 0.337 e. The molecule has 0 atom stereocenters. The van der Waals surface area contributed by atoms with Crippen molar-refractivity contribution in [1.82, 2.24) is 5.32 Å². The second-order valence-corrected chi connectivity index (χ2v) is 5.33. The number of benzene rings is 2. The number of anilines is 1. The van der Waals surface area contributed by atoms with Gasteiger partial charge in [-0.05, 0) is 41.9 Å². The number of carboxylic acids is 1. The monoisotopic (exact) mass is 284 g/mol. The predicted octanol–water partition coefficient (Wildman–Crippen LogP) is 2.09. The number of carbonyl (C=O) groups excluding carboxylic acids is 1. The van der Waals surface area contributed by atoms with Gasteiger partial charge < -0.3 is 15.7 Å². The minimum absolute atomic E-state index is 0.119. The third-order valence-electron chi connectivity index (χ3n) is 3.73. The number of rotatable bonds is 4. The van der Waals surface area contributed by atoms with Crippen LogP contribution in [-0.2, 0) is 4.79 Å². The molecule has 21 heavy (non-hydrogen) atoms. The lowest BCUT2D eigenvalue weighted by atomic mass is 9.98. The van der Waals surface area contributed by atoms with E-state index in [0.29, 0.717) is 18.0 Å². The van der Waals surface area contributed by atoms with Crippen LogP contribution in [0.1, 0.15) is 16.8 Å². The number of carbonyl (C=O) groups is 2. The van der Waals surface area contributed by atoms with Crippen LogP contribution in [-0.4, -0.2) is 30.1 Å². The first-order valence-electron chi connectivity index (χ1n) is 6.90. The summed E-state index contributed by atoms with van der Waals surface area (Å²) in [4.78, 5) is 23.4. The minimum atomic E-state index is -1.04. The quantitative estimate of drug-likeness (QED) is 0.803. The van der Waals surface area contributed by atoms with E-state index in [9.17, 15) is 14.7 Å². The topological polar surface area (TPSA) is 78.4 Å². The molecule has 0 spiro atoms. The minimum Gasteiger partial charge on any atom is -0.478 e. The number of hydrogen-bond donors (Lipinski definition) is 3. The fourth-order valence-corrected chi connectivity index (χ4v) is 2.48. The van der Waals surface area contributed by atoms with Gasteiger partial charge in [0.1, 0.15) is 0 Å². The van der Waals surface area contributed by atoms with E-state index in [1.807, 2.05) is 24.3 Å². The fraction of sp³-hybridized carbons (Fsp3) is 0.250. The number of amides is 1. The van der Waals surface area contributed by atoms with E-state index in [1.165, 1.54) is 0 Å². The number of hydrogen-bond acceptors (Lipinski definition) is 3. The lowest BCUT2D eigenvalue weighted by Crippen LogP contribution is -2.43. The molecular weight excluding hydrogens is 268 g/mol. The first-order valence-corrected chi connectivity index (χ1v) is 6.90. The van der Waals surface area contributed by atoms with Crippen molar-refractivity contribution in [2.24, 2.45) is 5.92 Å². The summed E-state index contributed by atoms with van der Waals surface area (Å²) in [6.07, 6.45) is 0.416. The van der Waals surface area contributed by atoms with Crippen molar-refractivity contribution in [2.45, 2.75) is 6.42 Å². The van der Waals surface area contributed by atoms with Crippen LogP contribution in [0.15, 0.2) is 36.4 Å². The third-order valence-corrected chi connectivity index (χ3v) is 3.73. The summed E-state index contributed by atoms with van der Waals surface area (Å²) < 4.78 is 0. The van der Waals surface area contributed by atoms with Gasteiger partial charge in [-0.1, -0.05) is 24.3 Å². The maximum Gasteiger partial charge on any atom is 0.337 e. The van der Waals surface area contributed by atoms with Gasteiger partial charge in [0, 0.05) is 6.42 Å². The summed E-state index contributed by atoms with van der Waals surface area (Å²) in [7, 11) is 0. The maximum atomic E-state index is 12.0. The molecule has 1 saturated heterocycles.